The van der Waals surface area contributed by atoms with E-state index >= 15 is 0 Å². The molecule has 160 valence electrons. The molecule has 1 heterocycles. The van der Waals surface area contributed by atoms with E-state index in [0.29, 0.717) is 28.4 Å². The maximum Gasteiger partial charge on any atom is 0.261 e. The molecule has 0 saturated heterocycles. The Bertz CT molecular complexity index is 1270. The van der Waals surface area contributed by atoms with E-state index in [0.717, 1.165) is 11.1 Å². The van der Waals surface area contributed by atoms with Gasteiger partial charge in [-0.1, -0.05) is 17.7 Å². The fourth-order valence-corrected chi connectivity index (χ4v) is 4.35. The van der Waals surface area contributed by atoms with E-state index in [-0.39, 0.29) is 16.7 Å². The van der Waals surface area contributed by atoms with Gasteiger partial charge in [-0.15, -0.1) is 0 Å². The largest absolute Gasteiger partial charge is 0.454 e. The Morgan fingerprint density at radius 2 is 1.65 bits per heavy atom. The Morgan fingerprint density at radius 3 is 2.35 bits per heavy atom. The van der Waals surface area contributed by atoms with Crippen LogP contribution in [0.2, 0.25) is 5.02 Å². The quantitative estimate of drug-likeness (QED) is 0.576. The van der Waals surface area contributed by atoms with Gasteiger partial charge < -0.3 is 14.8 Å². The molecule has 0 aromatic heterocycles. The monoisotopic (exact) mass is 458 g/mol. The minimum Gasteiger partial charge on any atom is -0.454 e. The molecular formula is C22H19ClN2O5S. The van der Waals surface area contributed by atoms with Crippen molar-refractivity contribution in [1.82, 2.24) is 0 Å². The van der Waals surface area contributed by atoms with Crippen LogP contribution in [-0.2, 0) is 10.0 Å². The third-order valence-corrected chi connectivity index (χ3v) is 6.55. The summed E-state index contributed by atoms with van der Waals surface area (Å²) in [6.45, 7) is 3.92. The molecule has 9 heteroatoms. The third-order valence-electron chi connectivity index (χ3n) is 4.87. The molecule has 0 spiro atoms. The fraction of sp³-hybridized carbons (Fsp3) is 0.136. The van der Waals surface area contributed by atoms with Crippen LogP contribution in [0.5, 0.6) is 11.5 Å². The number of carbonyl (C=O) groups excluding carboxylic acids is 1. The van der Waals surface area contributed by atoms with Crippen molar-refractivity contribution in [3.8, 4) is 11.5 Å². The van der Waals surface area contributed by atoms with Gasteiger partial charge in [-0.05, 0) is 73.5 Å². The molecule has 3 aromatic carbocycles. The minimum atomic E-state index is -3.76. The molecule has 0 fully saturated rings. The number of fused-ring (bicyclic) bond motifs is 1. The average molecular weight is 459 g/mol. The highest BCUT2D eigenvalue weighted by Gasteiger charge is 2.21. The second-order valence-corrected chi connectivity index (χ2v) is 9.16. The summed E-state index contributed by atoms with van der Waals surface area (Å²) in [6, 6.07) is 14.2. The molecule has 7 nitrogen and oxygen atoms in total. The number of halogens is 1. The number of anilines is 2. The molecule has 1 amide bonds. The van der Waals surface area contributed by atoms with E-state index < -0.39 is 15.9 Å². The van der Waals surface area contributed by atoms with Gasteiger partial charge in [0.1, 0.15) is 0 Å². The summed E-state index contributed by atoms with van der Waals surface area (Å²) in [7, 11) is -3.76. The van der Waals surface area contributed by atoms with Crippen molar-refractivity contribution in [3.05, 3.63) is 76.3 Å². The van der Waals surface area contributed by atoms with Gasteiger partial charge in [0.25, 0.3) is 15.9 Å². The third kappa shape index (κ3) is 4.45. The van der Waals surface area contributed by atoms with Gasteiger partial charge in [-0.2, -0.15) is 0 Å². The molecule has 0 atom stereocenters. The van der Waals surface area contributed by atoms with Crippen molar-refractivity contribution >= 4 is 38.9 Å². The lowest BCUT2D eigenvalue weighted by molar-refractivity contribution is 0.102. The summed E-state index contributed by atoms with van der Waals surface area (Å²) in [4.78, 5) is 12.6. The highest BCUT2D eigenvalue weighted by atomic mass is 35.5. The lowest BCUT2D eigenvalue weighted by Crippen LogP contribution is -2.14. The molecule has 0 aliphatic carbocycles. The molecule has 1 aliphatic rings. The van der Waals surface area contributed by atoms with Gasteiger partial charge in [0.05, 0.1) is 9.92 Å². The van der Waals surface area contributed by atoms with E-state index in [2.05, 4.69) is 10.0 Å². The van der Waals surface area contributed by atoms with Gasteiger partial charge in [0.15, 0.2) is 11.5 Å². The van der Waals surface area contributed by atoms with Crippen LogP contribution in [0.25, 0.3) is 0 Å². The van der Waals surface area contributed by atoms with Crippen LogP contribution in [0.3, 0.4) is 0 Å². The predicted molar refractivity (Wildman–Crippen MR) is 119 cm³/mol. The SMILES string of the molecule is Cc1ccc(NS(=O)(=O)c2ccc(NC(=O)c3cc(Cl)c4c(c3)OCO4)cc2)cc1C. The summed E-state index contributed by atoms with van der Waals surface area (Å²) in [5.74, 6) is 0.393. The average Bonchev–Trinajstić information content (AvgIpc) is 3.20. The van der Waals surface area contributed by atoms with Gasteiger partial charge >= 0.3 is 0 Å². The molecule has 1 aliphatic heterocycles. The number of hydrogen-bond acceptors (Lipinski definition) is 5. The molecule has 31 heavy (non-hydrogen) atoms. The number of nitrogens with one attached hydrogen (secondary N) is 2. The number of benzene rings is 3. The molecule has 2 N–H and O–H groups in total. The zero-order chi connectivity index (χ0) is 22.2. The second-order valence-electron chi connectivity index (χ2n) is 7.07. The molecule has 0 radical (unpaired) electrons. The van der Waals surface area contributed by atoms with Gasteiger partial charge in [-0.25, -0.2) is 8.42 Å². The summed E-state index contributed by atoms with van der Waals surface area (Å²) in [6.07, 6.45) is 0. The van der Waals surface area contributed by atoms with Gasteiger partial charge in [0, 0.05) is 16.9 Å². The number of rotatable bonds is 5. The Balaban J connectivity index is 1.48. The van der Waals surface area contributed by atoms with E-state index in [4.69, 9.17) is 21.1 Å². The number of carbonyl (C=O) groups is 1. The normalized spacial score (nSPS) is 12.5. The van der Waals surface area contributed by atoms with Crippen LogP contribution in [0.4, 0.5) is 11.4 Å². The van der Waals surface area contributed by atoms with Crippen molar-refractivity contribution in [1.29, 1.82) is 0 Å². The fourth-order valence-electron chi connectivity index (χ4n) is 3.04. The summed E-state index contributed by atoms with van der Waals surface area (Å²) >= 11 is 6.12. The summed E-state index contributed by atoms with van der Waals surface area (Å²) in [5.41, 5.74) is 3.28. The standard InChI is InChI=1S/C22H19ClN2O5S/c1-13-3-4-17(9-14(13)2)25-31(27,28)18-7-5-16(6-8-18)24-22(26)15-10-19(23)21-20(11-15)29-12-30-21/h3-11,25H,12H2,1-2H3,(H,24,26). The highest BCUT2D eigenvalue weighted by molar-refractivity contribution is 7.92. The lowest BCUT2D eigenvalue weighted by atomic mass is 10.1. The van der Waals surface area contributed by atoms with Crippen LogP contribution >= 0.6 is 11.6 Å². The zero-order valence-electron chi connectivity index (χ0n) is 16.7. The van der Waals surface area contributed by atoms with Crippen molar-refractivity contribution in [2.75, 3.05) is 16.8 Å². The molecule has 0 saturated carbocycles. The smallest absolute Gasteiger partial charge is 0.261 e. The lowest BCUT2D eigenvalue weighted by Gasteiger charge is -2.11. The Hall–Kier alpha value is -3.23. The predicted octanol–water partition coefficient (Wildman–Crippen LogP) is 4.74. The first kappa shape index (κ1) is 21.0. The number of aryl methyl sites for hydroxylation is 2. The Kier molecular flexibility index (Phi) is 5.51. The number of sulfonamides is 1. The number of amides is 1. The molecule has 4 rings (SSSR count). The molecule has 0 bridgehead atoms. The van der Waals surface area contributed by atoms with Crippen LogP contribution in [-0.4, -0.2) is 21.1 Å². The number of hydrogen-bond donors (Lipinski definition) is 2. The van der Waals surface area contributed by atoms with Crippen molar-refractivity contribution in [3.63, 3.8) is 0 Å². The van der Waals surface area contributed by atoms with E-state index in [1.54, 1.807) is 12.1 Å². The van der Waals surface area contributed by atoms with Crippen molar-refractivity contribution < 1.29 is 22.7 Å². The number of ether oxygens (including phenoxy) is 2. The van der Waals surface area contributed by atoms with Crippen LogP contribution in [0, 0.1) is 13.8 Å². The first-order valence-electron chi connectivity index (χ1n) is 9.33. The minimum absolute atomic E-state index is 0.0479. The van der Waals surface area contributed by atoms with E-state index in [1.165, 1.54) is 36.4 Å². The van der Waals surface area contributed by atoms with E-state index in [1.807, 2.05) is 19.9 Å². The Labute approximate surface area is 185 Å². The van der Waals surface area contributed by atoms with Crippen molar-refractivity contribution in [2.45, 2.75) is 18.7 Å². The summed E-state index contributed by atoms with van der Waals surface area (Å²) in [5, 5.41) is 2.99. The molecule has 0 unspecified atom stereocenters. The maximum atomic E-state index is 12.7. The first-order valence-corrected chi connectivity index (χ1v) is 11.2. The Morgan fingerprint density at radius 1 is 0.935 bits per heavy atom. The molecule has 3 aromatic rings. The highest BCUT2D eigenvalue weighted by Crippen LogP contribution is 2.39. The van der Waals surface area contributed by atoms with E-state index in [9.17, 15) is 13.2 Å². The van der Waals surface area contributed by atoms with Gasteiger partial charge in [0.2, 0.25) is 6.79 Å². The zero-order valence-corrected chi connectivity index (χ0v) is 18.3. The van der Waals surface area contributed by atoms with Gasteiger partial charge in [-0.3, -0.25) is 9.52 Å². The topological polar surface area (TPSA) is 93.7 Å². The summed E-state index contributed by atoms with van der Waals surface area (Å²) < 4.78 is 38.4. The van der Waals surface area contributed by atoms with Crippen molar-refractivity contribution in [2.24, 2.45) is 0 Å². The van der Waals surface area contributed by atoms with Crippen LogP contribution < -0.4 is 19.5 Å². The van der Waals surface area contributed by atoms with Crippen LogP contribution in [0.1, 0.15) is 21.5 Å². The molecular weight excluding hydrogens is 440 g/mol. The second kappa shape index (κ2) is 8.13. The van der Waals surface area contributed by atoms with Crippen LogP contribution in [0.15, 0.2) is 59.5 Å². The maximum absolute atomic E-state index is 12.7. The first-order chi connectivity index (χ1) is 14.7.